The summed E-state index contributed by atoms with van der Waals surface area (Å²) in [5, 5.41) is 7.30. The molecule has 5 rings (SSSR count). The molecule has 1 aromatic carbocycles. The Labute approximate surface area is 170 Å². The number of aryl methyl sites for hydroxylation is 1. The first-order valence-electron chi connectivity index (χ1n) is 10.3. The average molecular weight is 403 g/mol. The fourth-order valence-corrected chi connectivity index (χ4v) is 4.69. The van der Waals surface area contributed by atoms with Crippen LogP contribution < -0.4 is 5.32 Å². The minimum atomic E-state index is -1.91. The number of halogens is 1. The number of rotatable bonds is 4. The van der Waals surface area contributed by atoms with Crippen LogP contribution in [0.1, 0.15) is 43.2 Å². The zero-order chi connectivity index (χ0) is 21.3. The summed E-state index contributed by atoms with van der Waals surface area (Å²) in [7, 11) is 1.78. The highest BCUT2D eigenvalue weighted by Gasteiger charge is 2.52. The number of amides is 2. The van der Waals surface area contributed by atoms with Crippen molar-refractivity contribution in [3.05, 3.63) is 52.3 Å². The summed E-state index contributed by atoms with van der Waals surface area (Å²) >= 11 is 6.31. The maximum Gasteiger partial charge on any atom is 0.407 e. The molecule has 1 saturated carbocycles. The number of carbonyl (C=O) groups is 2. The van der Waals surface area contributed by atoms with Gasteiger partial charge in [-0.1, -0.05) is 29.8 Å². The number of ether oxygens (including phenoxy) is 1. The lowest BCUT2D eigenvalue weighted by Gasteiger charge is -2.44. The SMILES string of the molecule is [2H]C([2H])(C1CC2(CNC(=O)O2)C1)N1C(=O)c2ccccc2C1Cc1c(Cl)cnn1C. The molecule has 1 aromatic heterocycles. The van der Waals surface area contributed by atoms with Crippen molar-refractivity contribution in [3.8, 4) is 0 Å². The third-order valence-electron chi connectivity index (χ3n) is 5.90. The summed E-state index contributed by atoms with van der Waals surface area (Å²) in [4.78, 5) is 26.1. The van der Waals surface area contributed by atoms with E-state index in [2.05, 4.69) is 10.4 Å². The molecule has 1 saturated heterocycles. The standard InChI is InChI=1S/C20H21ClN4O3/c1-24-17(15(21)9-23-24)6-16-13-4-2-3-5-14(13)18(26)25(16)10-12-7-20(8-12)11-22-19(27)28-20/h2-5,9,12,16H,6-8,10-11H2,1H3,(H,22,27)/i10D2. The first-order chi connectivity index (χ1) is 14.2. The first-order valence-corrected chi connectivity index (χ1v) is 9.65. The van der Waals surface area contributed by atoms with E-state index in [4.69, 9.17) is 19.1 Å². The van der Waals surface area contributed by atoms with Gasteiger partial charge >= 0.3 is 6.09 Å². The summed E-state index contributed by atoms with van der Waals surface area (Å²) in [5.41, 5.74) is 1.37. The molecule has 2 aromatic rings. The maximum absolute atomic E-state index is 13.3. The van der Waals surface area contributed by atoms with E-state index < -0.39 is 30.2 Å². The monoisotopic (exact) mass is 402 g/mol. The third-order valence-corrected chi connectivity index (χ3v) is 6.22. The van der Waals surface area contributed by atoms with Crippen LogP contribution in [0.15, 0.2) is 30.5 Å². The second kappa shape index (κ2) is 6.24. The third kappa shape index (κ3) is 2.68. The quantitative estimate of drug-likeness (QED) is 0.853. The molecule has 28 heavy (non-hydrogen) atoms. The average Bonchev–Trinajstić information content (AvgIpc) is 3.31. The van der Waals surface area contributed by atoms with Crippen molar-refractivity contribution >= 4 is 23.6 Å². The van der Waals surface area contributed by atoms with Gasteiger partial charge in [0.15, 0.2) is 0 Å². The molecule has 1 unspecified atom stereocenters. The molecule has 146 valence electrons. The predicted molar refractivity (Wildman–Crippen MR) is 102 cm³/mol. The number of nitrogens with zero attached hydrogens (tertiary/aromatic N) is 3. The van der Waals surface area contributed by atoms with Crippen LogP contribution in [0.3, 0.4) is 0 Å². The van der Waals surface area contributed by atoms with E-state index in [0.29, 0.717) is 36.4 Å². The molecular weight excluding hydrogens is 380 g/mol. The largest absolute Gasteiger partial charge is 0.441 e. The van der Waals surface area contributed by atoms with Crippen molar-refractivity contribution in [2.24, 2.45) is 13.0 Å². The Morgan fingerprint density at radius 3 is 2.86 bits per heavy atom. The smallest absolute Gasteiger partial charge is 0.407 e. The molecule has 3 aliphatic rings. The van der Waals surface area contributed by atoms with Crippen molar-refractivity contribution in [2.75, 3.05) is 13.0 Å². The lowest BCUT2D eigenvalue weighted by Crippen LogP contribution is -2.51. The van der Waals surface area contributed by atoms with Gasteiger partial charge in [0, 0.05) is 28.3 Å². The molecule has 1 aliphatic carbocycles. The Kier molecular flexibility index (Phi) is 3.43. The van der Waals surface area contributed by atoms with E-state index in [1.807, 2.05) is 12.1 Å². The van der Waals surface area contributed by atoms with E-state index in [0.717, 1.165) is 11.3 Å². The van der Waals surface area contributed by atoms with Crippen LogP contribution in [0.4, 0.5) is 4.79 Å². The van der Waals surface area contributed by atoms with E-state index in [1.54, 1.807) is 30.1 Å². The van der Waals surface area contributed by atoms with Gasteiger partial charge in [-0.15, -0.1) is 0 Å². The molecule has 2 aliphatic heterocycles. The lowest BCUT2D eigenvalue weighted by atomic mass is 9.70. The maximum atomic E-state index is 13.3. The molecule has 1 spiro atoms. The highest BCUT2D eigenvalue weighted by atomic mass is 35.5. The minimum absolute atomic E-state index is 0.332. The Morgan fingerprint density at radius 2 is 2.18 bits per heavy atom. The van der Waals surface area contributed by atoms with Gasteiger partial charge in [0.25, 0.3) is 5.91 Å². The fourth-order valence-electron chi connectivity index (χ4n) is 4.45. The van der Waals surface area contributed by atoms with E-state index >= 15 is 0 Å². The molecular formula is C20H21ClN4O3. The number of benzene rings is 1. The molecule has 2 fully saturated rings. The summed E-state index contributed by atoms with van der Waals surface area (Å²) in [5.74, 6) is -0.769. The summed E-state index contributed by atoms with van der Waals surface area (Å²) in [6.45, 7) is -1.53. The molecule has 1 N–H and O–H groups in total. The predicted octanol–water partition coefficient (Wildman–Crippen LogP) is 2.70. The number of alkyl carbamates (subject to hydrolysis) is 1. The van der Waals surface area contributed by atoms with Gasteiger partial charge in [-0.25, -0.2) is 4.79 Å². The van der Waals surface area contributed by atoms with Crippen LogP contribution >= 0.6 is 11.6 Å². The lowest BCUT2D eigenvalue weighted by molar-refractivity contribution is -0.0555. The number of hydrogen-bond acceptors (Lipinski definition) is 4. The first kappa shape index (κ1) is 15.4. The number of hydrogen-bond donors (Lipinski definition) is 1. The van der Waals surface area contributed by atoms with Gasteiger partial charge in [-0.2, -0.15) is 5.10 Å². The van der Waals surface area contributed by atoms with Crippen LogP contribution in [0.2, 0.25) is 5.02 Å². The van der Waals surface area contributed by atoms with E-state index in [-0.39, 0.29) is 5.91 Å². The molecule has 1 atom stereocenters. The Hall–Kier alpha value is -2.54. The summed E-state index contributed by atoms with van der Waals surface area (Å²) < 4.78 is 24.8. The highest BCUT2D eigenvalue weighted by molar-refractivity contribution is 6.31. The molecule has 2 amide bonds. The highest BCUT2D eigenvalue weighted by Crippen LogP contribution is 2.45. The fraction of sp³-hybridized carbons (Fsp3) is 0.450. The Morgan fingerprint density at radius 1 is 1.39 bits per heavy atom. The van der Waals surface area contributed by atoms with Crippen molar-refractivity contribution in [3.63, 3.8) is 0 Å². The van der Waals surface area contributed by atoms with Gasteiger partial charge in [0.1, 0.15) is 5.60 Å². The number of carbonyl (C=O) groups excluding carboxylic acids is 2. The number of fused-ring (bicyclic) bond motifs is 1. The van der Waals surface area contributed by atoms with Crippen LogP contribution in [0.5, 0.6) is 0 Å². The van der Waals surface area contributed by atoms with Crippen LogP contribution in [0, 0.1) is 5.92 Å². The van der Waals surface area contributed by atoms with Crippen molar-refractivity contribution in [1.29, 1.82) is 0 Å². The summed E-state index contributed by atoms with van der Waals surface area (Å²) in [6.07, 6.45) is 2.18. The molecule has 3 heterocycles. The van der Waals surface area contributed by atoms with Gasteiger partial charge < -0.3 is 15.0 Å². The minimum Gasteiger partial charge on any atom is -0.441 e. The zero-order valence-electron chi connectivity index (χ0n) is 17.3. The number of aromatic nitrogens is 2. The van der Waals surface area contributed by atoms with E-state index in [9.17, 15) is 9.59 Å². The van der Waals surface area contributed by atoms with Gasteiger partial charge in [-0.3, -0.25) is 9.48 Å². The van der Waals surface area contributed by atoms with Gasteiger partial charge in [0.2, 0.25) is 0 Å². The van der Waals surface area contributed by atoms with Crippen LogP contribution in [-0.4, -0.2) is 45.3 Å². The molecule has 0 bridgehead atoms. The topological polar surface area (TPSA) is 76.5 Å². The normalized spacial score (nSPS) is 29.9. The van der Waals surface area contributed by atoms with E-state index in [1.165, 1.54) is 4.90 Å². The second-order valence-electron chi connectivity index (χ2n) is 7.71. The summed E-state index contributed by atoms with van der Waals surface area (Å²) in [6, 6.07) is 6.73. The second-order valence-corrected chi connectivity index (χ2v) is 8.11. The van der Waals surface area contributed by atoms with Crippen molar-refractivity contribution in [1.82, 2.24) is 20.0 Å². The van der Waals surface area contributed by atoms with Crippen molar-refractivity contribution < 1.29 is 17.1 Å². The molecule has 8 heteroatoms. The Bertz CT molecular complexity index is 1030. The molecule has 7 nitrogen and oxygen atoms in total. The van der Waals surface area contributed by atoms with Crippen LogP contribution in [0.25, 0.3) is 0 Å². The Balaban J connectivity index is 1.48. The van der Waals surface area contributed by atoms with Gasteiger partial charge in [0.05, 0.1) is 29.5 Å². The molecule has 0 radical (unpaired) electrons. The van der Waals surface area contributed by atoms with Crippen LogP contribution in [-0.2, 0) is 18.2 Å². The number of nitrogens with one attached hydrogen (secondary N) is 1. The zero-order valence-corrected chi connectivity index (χ0v) is 16.1. The van der Waals surface area contributed by atoms with Gasteiger partial charge in [-0.05, 0) is 30.4 Å². The van der Waals surface area contributed by atoms with Crippen molar-refractivity contribution in [2.45, 2.75) is 30.9 Å².